The number of carboxylic acid groups (broad SMARTS) is 1. The average Bonchev–Trinajstić information content (AvgIpc) is 2.37. The van der Waals surface area contributed by atoms with Gasteiger partial charge in [0.1, 0.15) is 6.04 Å². The molecule has 2 atom stereocenters. The molecule has 0 saturated heterocycles. The van der Waals surface area contributed by atoms with E-state index in [9.17, 15) is 18.7 Å². The molecule has 1 aromatic rings. The normalized spacial score (nSPS) is 20.0. The molecule has 2 rings (SSSR count). The summed E-state index contributed by atoms with van der Waals surface area (Å²) < 4.78 is 26.2. The SMILES string of the molecule is [N-]=[N+]=N[C@H](C(=O)O)[C@@H](c1ccc(Cl)cc1)C1CC(F)(F)C1. The van der Waals surface area contributed by atoms with Crippen LogP contribution in [0.3, 0.4) is 0 Å². The van der Waals surface area contributed by atoms with E-state index in [1.807, 2.05) is 0 Å². The van der Waals surface area contributed by atoms with Crippen molar-refractivity contribution in [3.8, 4) is 0 Å². The van der Waals surface area contributed by atoms with Crippen LogP contribution in [0.4, 0.5) is 8.78 Å². The highest BCUT2D eigenvalue weighted by atomic mass is 35.5. The number of azide groups is 1. The second-order valence-corrected chi connectivity index (χ2v) is 5.53. The summed E-state index contributed by atoms with van der Waals surface area (Å²) >= 11 is 5.77. The minimum Gasteiger partial charge on any atom is -0.481 e. The van der Waals surface area contributed by atoms with Crippen molar-refractivity contribution in [3.05, 3.63) is 45.3 Å². The van der Waals surface area contributed by atoms with E-state index in [1.165, 1.54) is 0 Å². The number of hydrogen-bond acceptors (Lipinski definition) is 2. The van der Waals surface area contributed by atoms with Gasteiger partial charge in [0.15, 0.2) is 0 Å². The van der Waals surface area contributed by atoms with E-state index in [0.717, 1.165) is 0 Å². The number of halogens is 3. The zero-order valence-corrected chi connectivity index (χ0v) is 11.5. The maximum Gasteiger partial charge on any atom is 0.313 e. The number of nitrogens with zero attached hydrogens (tertiary/aromatic N) is 3. The number of rotatable bonds is 5. The molecular weight excluding hydrogens is 304 g/mol. The Bertz CT molecular complexity index is 578. The Morgan fingerprint density at radius 2 is 2.00 bits per heavy atom. The van der Waals surface area contributed by atoms with E-state index >= 15 is 0 Å². The number of carboxylic acids is 1. The lowest BCUT2D eigenvalue weighted by molar-refractivity contribution is -0.144. The van der Waals surface area contributed by atoms with E-state index in [2.05, 4.69) is 10.0 Å². The first kappa shape index (κ1) is 15.5. The lowest BCUT2D eigenvalue weighted by Gasteiger charge is -2.41. The standard InChI is InChI=1S/C13H12ClF2N3O2/c14-9-3-1-7(2-4-9)10(8-5-13(15,16)6-8)11(12(20)21)18-19-17/h1-4,8,10-11H,5-6H2,(H,20,21)/t10-,11-/m0/s1. The summed E-state index contributed by atoms with van der Waals surface area (Å²) in [5.41, 5.74) is 9.05. The second kappa shape index (κ2) is 5.87. The third kappa shape index (κ3) is 3.43. The van der Waals surface area contributed by atoms with Crippen LogP contribution in [-0.4, -0.2) is 23.0 Å². The van der Waals surface area contributed by atoms with E-state index in [-0.39, 0.29) is 0 Å². The van der Waals surface area contributed by atoms with Crippen LogP contribution in [0.15, 0.2) is 29.4 Å². The fraction of sp³-hybridized carbons (Fsp3) is 0.462. The maximum absolute atomic E-state index is 13.1. The zero-order chi connectivity index (χ0) is 15.6. The van der Waals surface area contributed by atoms with Crippen molar-refractivity contribution in [2.45, 2.75) is 30.7 Å². The van der Waals surface area contributed by atoms with Gasteiger partial charge < -0.3 is 5.11 Å². The summed E-state index contributed by atoms with van der Waals surface area (Å²) in [6.07, 6.45) is -0.823. The lowest BCUT2D eigenvalue weighted by atomic mass is 9.68. The number of hydrogen-bond donors (Lipinski definition) is 1. The topological polar surface area (TPSA) is 86.1 Å². The summed E-state index contributed by atoms with van der Waals surface area (Å²) in [6, 6.07) is 4.83. The molecule has 0 spiro atoms. The van der Waals surface area contributed by atoms with Gasteiger partial charge in [0, 0.05) is 28.7 Å². The predicted molar refractivity (Wildman–Crippen MR) is 72.4 cm³/mol. The van der Waals surface area contributed by atoms with Crippen molar-refractivity contribution >= 4 is 17.6 Å². The van der Waals surface area contributed by atoms with E-state index in [0.29, 0.717) is 10.6 Å². The highest BCUT2D eigenvalue weighted by Gasteiger charge is 2.51. The van der Waals surface area contributed by atoms with Crippen LogP contribution in [0.2, 0.25) is 5.02 Å². The van der Waals surface area contributed by atoms with Gasteiger partial charge in [-0.25, -0.2) is 8.78 Å². The third-order valence-electron chi connectivity index (χ3n) is 3.65. The Labute approximate surface area is 124 Å². The van der Waals surface area contributed by atoms with Crippen LogP contribution < -0.4 is 0 Å². The van der Waals surface area contributed by atoms with E-state index in [4.69, 9.17) is 17.1 Å². The molecule has 0 aliphatic heterocycles. The van der Waals surface area contributed by atoms with Crippen molar-refractivity contribution in [2.24, 2.45) is 11.0 Å². The second-order valence-electron chi connectivity index (χ2n) is 5.09. The first-order valence-electron chi connectivity index (χ1n) is 6.24. The molecule has 1 N–H and O–H groups in total. The Balaban J connectivity index is 2.36. The van der Waals surface area contributed by atoms with Crippen molar-refractivity contribution in [3.63, 3.8) is 0 Å². The molecule has 1 fully saturated rings. The number of carbonyl (C=O) groups is 1. The largest absolute Gasteiger partial charge is 0.481 e. The van der Waals surface area contributed by atoms with Gasteiger partial charge in [-0.3, -0.25) is 4.79 Å². The summed E-state index contributed by atoms with van der Waals surface area (Å²) in [5.74, 6) is -5.46. The summed E-state index contributed by atoms with van der Waals surface area (Å²) in [4.78, 5) is 13.8. The smallest absolute Gasteiger partial charge is 0.313 e. The predicted octanol–water partition coefficient (Wildman–Crippen LogP) is 4.23. The Morgan fingerprint density at radius 3 is 2.43 bits per heavy atom. The number of benzene rings is 1. The van der Waals surface area contributed by atoms with Crippen molar-refractivity contribution in [2.75, 3.05) is 0 Å². The van der Waals surface area contributed by atoms with Crippen LogP contribution >= 0.6 is 11.6 Å². The lowest BCUT2D eigenvalue weighted by Crippen LogP contribution is -2.43. The van der Waals surface area contributed by atoms with Crippen LogP contribution in [0.1, 0.15) is 24.3 Å². The third-order valence-corrected chi connectivity index (χ3v) is 3.91. The fourth-order valence-corrected chi connectivity index (χ4v) is 2.82. The maximum atomic E-state index is 13.1. The summed E-state index contributed by atoms with van der Waals surface area (Å²) in [6.45, 7) is 0. The van der Waals surface area contributed by atoms with Gasteiger partial charge in [0.05, 0.1) is 0 Å². The molecule has 112 valence electrons. The molecule has 0 aromatic heterocycles. The Hall–Kier alpha value is -1.85. The first-order chi connectivity index (χ1) is 9.84. The molecule has 8 heteroatoms. The molecule has 0 amide bonds. The van der Waals surface area contributed by atoms with Gasteiger partial charge in [-0.05, 0) is 29.1 Å². The molecule has 1 aliphatic rings. The first-order valence-corrected chi connectivity index (χ1v) is 6.62. The Kier molecular flexibility index (Phi) is 4.34. The van der Waals surface area contributed by atoms with Crippen molar-refractivity contribution in [1.29, 1.82) is 0 Å². The van der Waals surface area contributed by atoms with E-state index < -0.39 is 42.6 Å². The molecule has 21 heavy (non-hydrogen) atoms. The molecule has 0 heterocycles. The van der Waals surface area contributed by atoms with Crippen LogP contribution in [0.5, 0.6) is 0 Å². The highest BCUT2D eigenvalue weighted by Crippen LogP contribution is 2.50. The summed E-state index contributed by atoms with van der Waals surface area (Å²) in [7, 11) is 0. The monoisotopic (exact) mass is 315 g/mol. The number of alkyl halides is 2. The van der Waals surface area contributed by atoms with Crippen LogP contribution in [0, 0.1) is 5.92 Å². The van der Waals surface area contributed by atoms with Crippen LogP contribution in [0.25, 0.3) is 10.4 Å². The highest BCUT2D eigenvalue weighted by molar-refractivity contribution is 6.30. The van der Waals surface area contributed by atoms with Gasteiger partial charge in [0.25, 0.3) is 0 Å². The molecule has 0 unspecified atom stereocenters. The zero-order valence-electron chi connectivity index (χ0n) is 10.8. The van der Waals surface area contributed by atoms with Gasteiger partial charge in [-0.15, -0.1) is 0 Å². The van der Waals surface area contributed by atoms with Gasteiger partial charge >= 0.3 is 5.97 Å². The molecule has 0 radical (unpaired) electrons. The Morgan fingerprint density at radius 1 is 1.43 bits per heavy atom. The van der Waals surface area contributed by atoms with Crippen LogP contribution in [-0.2, 0) is 4.79 Å². The molecule has 5 nitrogen and oxygen atoms in total. The van der Waals surface area contributed by atoms with E-state index in [1.54, 1.807) is 24.3 Å². The minimum atomic E-state index is -2.78. The fourth-order valence-electron chi connectivity index (χ4n) is 2.69. The quantitative estimate of drug-likeness (QED) is 0.500. The van der Waals surface area contributed by atoms with Gasteiger partial charge in [-0.2, -0.15) is 0 Å². The molecule has 1 aromatic carbocycles. The summed E-state index contributed by atoms with van der Waals surface area (Å²) in [5, 5.41) is 12.9. The molecule has 1 saturated carbocycles. The van der Waals surface area contributed by atoms with Crippen molar-refractivity contribution in [1.82, 2.24) is 0 Å². The van der Waals surface area contributed by atoms with Gasteiger partial charge in [0.2, 0.25) is 5.92 Å². The molecule has 0 bridgehead atoms. The average molecular weight is 316 g/mol. The van der Waals surface area contributed by atoms with Gasteiger partial charge in [-0.1, -0.05) is 28.8 Å². The number of aliphatic carboxylic acids is 1. The van der Waals surface area contributed by atoms with Crippen molar-refractivity contribution < 1.29 is 18.7 Å². The minimum absolute atomic E-state index is 0.412. The molecular formula is C13H12ClF2N3O2. The molecule has 1 aliphatic carbocycles.